The van der Waals surface area contributed by atoms with Gasteiger partial charge in [-0.25, -0.2) is 14.6 Å². The maximum Gasteiger partial charge on any atom is 0.160 e. The zero-order valence-electron chi connectivity index (χ0n) is 12.7. The van der Waals surface area contributed by atoms with Crippen molar-refractivity contribution in [3.63, 3.8) is 0 Å². The Kier molecular flexibility index (Phi) is 2.75. The number of imidazole rings is 1. The van der Waals surface area contributed by atoms with Crippen LogP contribution in [0.25, 0.3) is 17.1 Å². The molecule has 0 saturated heterocycles. The number of hydrogen-bond acceptors (Lipinski definition) is 4. The molecule has 0 unspecified atom stereocenters. The first-order valence-corrected chi connectivity index (χ1v) is 7.65. The van der Waals surface area contributed by atoms with Crippen molar-refractivity contribution < 1.29 is 4.74 Å². The van der Waals surface area contributed by atoms with Crippen LogP contribution >= 0.6 is 0 Å². The number of para-hydroxylation sites is 1. The average Bonchev–Trinajstić information content (AvgIpc) is 3.24. The lowest BCUT2D eigenvalue weighted by molar-refractivity contribution is 0.483. The van der Waals surface area contributed by atoms with E-state index in [4.69, 9.17) is 4.74 Å². The van der Waals surface area contributed by atoms with Gasteiger partial charge in [-0.05, 0) is 30.3 Å². The van der Waals surface area contributed by atoms with Crippen LogP contribution < -0.4 is 4.74 Å². The van der Waals surface area contributed by atoms with E-state index in [2.05, 4.69) is 19.6 Å². The highest BCUT2D eigenvalue weighted by molar-refractivity contribution is 5.71. The van der Waals surface area contributed by atoms with Crippen molar-refractivity contribution in [2.75, 3.05) is 0 Å². The fraction of sp³-hybridized carbons (Fsp3) is 0.0556. The second-order valence-corrected chi connectivity index (χ2v) is 5.59. The largest absolute Gasteiger partial charge is 0.457 e. The third-order valence-corrected chi connectivity index (χ3v) is 4.09. The first kappa shape index (κ1) is 13.1. The second kappa shape index (κ2) is 5.06. The molecule has 5 rings (SSSR count). The van der Waals surface area contributed by atoms with Crippen molar-refractivity contribution in [3.8, 4) is 28.6 Å². The van der Waals surface area contributed by atoms with Crippen molar-refractivity contribution in [1.29, 1.82) is 0 Å². The van der Waals surface area contributed by atoms with Crippen LogP contribution in [0.15, 0.2) is 67.4 Å². The van der Waals surface area contributed by atoms with E-state index in [1.165, 1.54) is 0 Å². The van der Waals surface area contributed by atoms with Gasteiger partial charge in [0.15, 0.2) is 5.82 Å². The predicted octanol–water partition coefficient (Wildman–Crippen LogP) is 3.28. The van der Waals surface area contributed by atoms with Crippen LogP contribution in [0, 0.1) is 0 Å². The minimum Gasteiger partial charge on any atom is -0.457 e. The van der Waals surface area contributed by atoms with Gasteiger partial charge in [-0.1, -0.05) is 18.2 Å². The number of hydrogen-bond donors (Lipinski definition) is 0. The SMILES string of the molecule is c1ccc(Oc2ccc3c(c2)-c2ncnn2Cc2cncn2-3)cc1. The van der Waals surface area contributed by atoms with Gasteiger partial charge in [-0.2, -0.15) is 5.10 Å². The fourth-order valence-corrected chi connectivity index (χ4v) is 2.99. The van der Waals surface area contributed by atoms with Gasteiger partial charge in [-0.15, -0.1) is 0 Å². The molecule has 0 N–H and O–H groups in total. The minimum absolute atomic E-state index is 0.638. The van der Waals surface area contributed by atoms with Crippen molar-refractivity contribution in [1.82, 2.24) is 24.3 Å². The maximum absolute atomic E-state index is 5.96. The number of ether oxygens (including phenoxy) is 1. The summed E-state index contributed by atoms with van der Waals surface area (Å²) in [7, 11) is 0. The molecule has 0 saturated carbocycles. The van der Waals surface area contributed by atoms with Gasteiger partial charge >= 0.3 is 0 Å². The Bertz CT molecular complexity index is 1020. The van der Waals surface area contributed by atoms with E-state index in [-0.39, 0.29) is 0 Å². The summed E-state index contributed by atoms with van der Waals surface area (Å²) in [5.74, 6) is 2.39. The fourth-order valence-electron chi connectivity index (χ4n) is 2.99. The molecule has 6 nitrogen and oxygen atoms in total. The molecule has 4 aromatic rings. The van der Waals surface area contributed by atoms with Crippen molar-refractivity contribution in [2.45, 2.75) is 6.54 Å². The Morgan fingerprint density at radius 2 is 1.92 bits per heavy atom. The molecule has 116 valence electrons. The number of benzene rings is 2. The highest BCUT2D eigenvalue weighted by atomic mass is 16.5. The summed E-state index contributed by atoms with van der Waals surface area (Å²) >= 11 is 0. The molecule has 1 aliphatic heterocycles. The molecule has 0 radical (unpaired) electrons. The van der Waals surface area contributed by atoms with Gasteiger partial charge in [0.05, 0.1) is 30.5 Å². The highest BCUT2D eigenvalue weighted by Crippen LogP contribution is 2.34. The highest BCUT2D eigenvalue weighted by Gasteiger charge is 2.21. The summed E-state index contributed by atoms with van der Waals surface area (Å²) in [5.41, 5.74) is 3.06. The molecular formula is C18H13N5O. The van der Waals surface area contributed by atoms with Gasteiger partial charge in [-0.3, -0.25) is 0 Å². The second-order valence-electron chi connectivity index (χ2n) is 5.59. The van der Waals surface area contributed by atoms with Crippen LogP contribution in [0.3, 0.4) is 0 Å². The van der Waals surface area contributed by atoms with Crippen LogP contribution in [-0.4, -0.2) is 24.3 Å². The Morgan fingerprint density at radius 1 is 1.00 bits per heavy atom. The molecule has 2 aromatic heterocycles. The van der Waals surface area contributed by atoms with E-state index in [9.17, 15) is 0 Å². The van der Waals surface area contributed by atoms with E-state index in [1.54, 1.807) is 6.33 Å². The Labute approximate surface area is 138 Å². The maximum atomic E-state index is 5.96. The summed E-state index contributed by atoms with van der Waals surface area (Å²) in [6.45, 7) is 0.638. The lowest BCUT2D eigenvalue weighted by atomic mass is 10.1. The molecule has 6 heteroatoms. The number of aromatic nitrogens is 5. The number of nitrogens with zero attached hydrogens (tertiary/aromatic N) is 5. The molecule has 0 atom stereocenters. The van der Waals surface area contributed by atoms with Crippen LogP contribution in [0.2, 0.25) is 0 Å². The topological polar surface area (TPSA) is 57.8 Å². The van der Waals surface area contributed by atoms with Gasteiger partial charge in [0.2, 0.25) is 0 Å². The minimum atomic E-state index is 0.638. The average molecular weight is 315 g/mol. The summed E-state index contributed by atoms with van der Waals surface area (Å²) in [5, 5.41) is 4.33. The van der Waals surface area contributed by atoms with Gasteiger partial charge in [0, 0.05) is 5.56 Å². The lowest BCUT2D eigenvalue weighted by Gasteiger charge is -2.11. The van der Waals surface area contributed by atoms with Crippen molar-refractivity contribution in [3.05, 3.63) is 73.1 Å². The van der Waals surface area contributed by atoms with E-state index >= 15 is 0 Å². The van der Waals surface area contributed by atoms with Gasteiger partial charge < -0.3 is 9.30 Å². The molecular weight excluding hydrogens is 302 g/mol. The molecule has 0 spiro atoms. The van der Waals surface area contributed by atoms with Gasteiger partial charge in [0.1, 0.15) is 17.8 Å². The molecule has 0 bridgehead atoms. The smallest absolute Gasteiger partial charge is 0.160 e. The molecule has 1 aliphatic rings. The summed E-state index contributed by atoms with van der Waals surface area (Å²) in [6.07, 6.45) is 5.25. The van der Waals surface area contributed by atoms with E-state index in [1.807, 2.05) is 65.7 Å². The van der Waals surface area contributed by atoms with Crippen LogP contribution in [0.4, 0.5) is 0 Å². The van der Waals surface area contributed by atoms with E-state index < -0.39 is 0 Å². The first-order chi connectivity index (χ1) is 11.9. The van der Waals surface area contributed by atoms with Crippen molar-refractivity contribution >= 4 is 0 Å². The summed E-state index contributed by atoms with van der Waals surface area (Å²) in [6, 6.07) is 15.7. The van der Waals surface area contributed by atoms with Crippen LogP contribution in [0.1, 0.15) is 5.69 Å². The molecule has 2 aromatic carbocycles. The van der Waals surface area contributed by atoms with E-state index in [0.717, 1.165) is 34.3 Å². The van der Waals surface area contributed by atoms with Gasteiger partial charge in [0.25, 0.3) is 0 Å². The van der Waals surface area contributed by atoms with Crippen LogP contribution in [-0.2, 0) is 6.54 Å². The Balaban J connectivity index is 1.67. The monoisotopic (exact) mass is 315 g/mol. The first-order valence-electron chi connectivity index (χ1n) is 7.65. The summed E-state index contributed by atoms with van der Waals surface area (Å²) < 4.78 is 9.91. The molecule has 0 fully saturated rings. The Hall–Kier alpha value is -3.41. The third-order valence-electron chi connectivity index (χ3n) is 4.09. The summed E-state index contributed by atoms with van der Waals surface area (Å²) in [4.78, 5) is 8.69. The molecule has 24 heavy (non-hydrogen) atoms. The molecule has 3 heterocycles. The van der Waals surface area contributed by atoms with E-state index in [0.29, 0.717) is 6.54 Å². The van der Waals surface area contributed by atoms with Crippen LogP contribution in [0.5, 0.6) is 11.5 Å². The number of fused-ring (bicyclic) bond motifs is 5. The normalized spacial score (nSPS) is 12.0. The number of rotatable bonds is 2. The lowest BCUT2D eigenvalue weighted by Crippen LogP contribution is -2.03. The van der Waals surface area contributed by atoms with Crippen molar-refractivity contribution in [2.24, 2.45) is 0 Å². The molecule has 0 aliphatic carbocycles. The quantitative estimate of drug-likeness (QED) is 0.501. The zero-order valence-corrected chi connectivity index (χ0v) is 12.7. The standard InChI is InChI=1S/C18H13N5O/c1-2-4-14(5-3-1)24-15-6-7-17-16(8-15)18-20-11-21-23(18)10-13-9-19-12-22(13)17/h1-9,11-12H,10H2. The Morgan fingerprint density at radius 3 is 2.83 bits per heavy atom. The molecule has 0 amide bonds. The predicted molar refractivity (Wildman–Crippen MR) is 88.2 cm³/mol. The zero-order chi connectivity index (χ0) is 15.9. The third kappa shape index (κ3) is 2.00.